The van der Waals surface area contributed by atoms with Crippen molar-refractivity contribution in [3.63, 3.8) is 0 Å². The minimum Gasteiger partial charge on any atom is -0.493 e. The molecule has 0 amide bonds. The highest BCUT2D eigenvalue weighted by molar-refractivity contribution is 7.89. The zero-order chi connectivity index (χ0) is 18.4. The molecule has 1 heterocycles. The van der Waals surface area contributed by atoms with E-state index in [0.717, 1.165) is 23.3 Å². The van der Waals surface area contributed by atoms with Gasteiger partial charge in [0, 0.05) is 12.6 Å². The van der Waals surface area contributed by atoms with Crippen molar-refractivity contribution in [1.29, 1.82) is 0 Å². The van der Waals surface area contributed by atoms with E-state index in [1.165, 1.54) is 0 Å². The highest BCUT2D eigenvalue weighted by atomic mass is 32.2. The van der Waals surface area contributed by atoms with Gasteiger partial charge < -0.3 is 9.64 Å². The van der Waals surface area contributed by atoms with E-state index in [1.807, 2.05) is 49.7 Å². The lowest BCUT2D eigenvalue weighted by molar-refractivity contribution is 0.300. The Balaban J connectivity index is 2.12. The first-order valence-electron chi connectivity index (χ1n) is 8.26. The van der Waals surface area contributed by atoms with Gasteiger partial charge in [0.2, 0.25) is 10.0 Å². The Kier molecular flexibility index (Phi) is 7.01. The fourth-order valence-electron chi connectivity index (χ4n) is 2.50. The fourth-order valence-corrected chi connectivity index (χ4v) is 4.33. The molecular formula is C18H26N2O3S2. The van der Waals surface area contributed by atoms with E-state index >= 15 is 0 Å². The first-order valence-corrected chi connectivity index (χ1v) is 10.7. The maximum absolute atomic E-state index is 12.6. The van der Waals surface area contributed by atoms with Gasteiger partial charge in [-0.2, -0.15) is 11.3 Å². The van der Waals surface area contributed by atoms with Crippen LogP contribution in [0.3, 0.4) is 0 Å². The topological polar surface area (TPSA) is 58.6 Å². The van der Waals surface area contributed by atoms with Crippen molar-refractivity contribution in [3.05, 3.63) is 46.2 Å². The van der Waals surface area contributed by atoms with Gasteiger partial charge >= 0.3 is 0 Å². The predicted molar refractivity (Wildman–Crippen MR) is 103 cm³/mol. The molecule has 2 rings (SSSR count). The van der Waals surface area contributed by atoms with Gasteiger partial charge in [0.15, 0.2) is 0 Å². The lowest BCUT2D eigenvalue weighted by Gasteiger charge is -2.24. The Bertz CT molecular complexity index is 772. The van der Waals surface area contributed by atoms with Crippen LogP contribution >= 0.6 is 11.3 Å². The average molecular weight is 383 g/mol. The van der Waals surface area contributed by atoms with E-state index in [2.05, 4.69) is 4.72 Å². The molecule has 0 aliphatic heterocycles. The number of aryl methyl sites for hydroxylation is 1. The predicted octanol–water partition coefficient (Wildman–Crippen LogP) is 3.43. The third kappa shape index (κ3) is 5.28. The maximum atomic E-state index is 12.6. The normalized spacial score (nSPS) is 13.2. The summed E-state index contributed by atoms with van der Waals surface area (Å²) in [4.78, 5) is 2.27. The second kappa shape index (κ2) is 8.80. The molecule has 1 aromatic heterocycles. The molecule has 0 fully saturated rings. The lowest BCUT2D eigenvalue weighted by atomic mass is 10.1. The van der Waals surface area contributed by atoms with Crippen LogP contribution < -0.4 is 9.46 Å². The largest absolute Gasteiger partial charge is 0.493 e. The molecule has 1 atom stereocenters. The van der Waals surface area contributed by atoms with Crippen molar-refractivity contribution in [1.82, 2.24) is 9.62 Å². The quantitative estimate of drug-likeness (QED) is 0.722. The Hall–Kier alpha value is -1.41. The number of rotatable bonds is 9. The zero-order valence-corrected chi connectivity index (χ0v) is 16.8. The summed E-state index contributed by atoms with van der Waals surface area (Å²) in [5, 5.41) is 4.04. The number of nitrogens with zero attached hydrogens (tertiary/aromatic N) is 1. The van der Waals surface area contributed by atoms with Gasteiger partial charge in [0.05, 0.1) is 11.5 Å². The average Bonchev–Trinajstić information content (AvgIpc) is 3.07. The summed E-state index contributed by atoms with van der Waals surface area (Å²) in [6.07, 6.45) is 0.912. The van der Waals surface area contributed by atoms with Gasteiger partial charge in [-0.15, -0.1) is 0 Å². The van der Waals surface area contributed by atoms with E-state index in [0.29, 0.717) is 13.2 Å². The van der Waals surface area contributed by atoms with Crippen molar-refractivity contribution >= 4 is 21.4 Å². The van der Waals surface area contributed by atoms with E-state index in [-0.39, 0.29) is 10.9 Å². The molecule has 1 aromatic carbocycles. The fraction of sp³-hybridized carbons (Fsp3) is 0.444. The van der Waals surface area contributed by atoms with E-state index in [1.54, 1.807) is 29.5 Å². The summed E-state index contributed by atoms with van der Waals surface area (Å²) in [5.74, 6) is 0.727. The number of thiophene rings is 1. The van der Waals surface area contributed by atoms with E-state index in [9.17, 15) is 8.42 Å². The van der Waals surface area contributed by atoms with Gasteiger partial charge in [0.25, 0.3) is 0 Å². The SMILES string of the molecule is CCCOc1ccc(S(=O)(=O)NCC(c2ccsc2)N(C)C)cc1C. The highest BCUT2D eigenvalue weighted by Crippen LogP contribution is 2.23. The van der Waals surface area contributed by atoms with Gasteiger partial charge in [0.1, 0.15) is 5.75 Å². The number of hydrogen-bond acceptors (Lipinski definition) is 5. The Labute approximate surface area is 154 Å². The van der Waals surface area contributed by atoms with Crippen LogP contribution in [0, 0.1) is 6.92 Å². The molecule has 0 spiro atoms. The Morgan fingerprint density at radius 1 is 1.28 bits per heavy atom. The monoisotopic (exact) mass is 382 g/mol. The van der Waals surface area contributed by atoms with Crippen LogP contribution in [0.4, 0.5) is 0 Å². The second-order valence-corrected chi connectivity index (χ2v) is 8.71. The summed E-state index contributed by atoms with van der Waals surface area (Å²) in [7, 11) is 0.322. The minimum atomic E-state index is -3.57. The third-order valence-corrected chi connectivity index (χ3v) is 6.06. The summed E-state index contributed by atoms with van der Waals surface area (Å²) in [6.45, 7) is 4.83. The molecule has 7 heteroatoms. The molecule has 1 N–H and O–H groups in total. The summed E-state index contributed by atoms with van der Waals surface area (Å²) in [6, 6.07) is 6.99. The Morgan fingerprint density at radius 3 is 2.60 bits per heavy atom. The zero-order valence-electron chi connectivity index (χ0n) is 15.2. The van der Waals surface area contributed by atoms with Crippen LogP contribution in [0.5, 0.6) is 5.75 Å². The molecule has 0 saturated carbocycles. The van der Waals surface area contributed by atoms with Crippen LogP contribution in [0.2, 0.25) is 0 Å². The molecular weight excluding hydrogens is 356 g/mol. The molecule has 138 valence electrons. The van der Waals surface area contributed by atoms with E-state index in [4.69, 9.17) is 4.74 Å². The van der Waals surface area contributed by atoms with Gasteiger partial charge in [-0.3, -0.25) is 0 Å². The highest BCUT2D eigenvalue weighted by Gasteiger charge is 2.20. The molecule has 5 nitrogen and oxygen atoms in total. The molecule has 1 unspecified atom stereocenters. The third-order valence-electron chi connectivity index (χ3n) is 3.94. The van der Waals surface area contributed by atoms with Crippen molar-refractivity contribution in [2.45, 2.75) is 31.2 Å². The van der Waals surface area contributed by atoms with Crippen LogP contribution in [0.1, 0.15) is 30.5 Å². The number of nitrogens with one attached hydrogen (secondary N) is 1. The van der Waals surface area contributed by atoms with Crippen LogP contribution in [0.25, 0.3) is 0 Å². The number of benzene rings is 1. The number of sulfonamides is 1. The van der Waals surface area contributed by atoms with Gasteiger partial charge in [-0.1, -0.05) is 6.92 Å². The van der Waals surface area contributed by atoms with E-state index < -0.39 is 10.0 Å². The van der Waals surface area contributed by atoms with Gasteiger partial charge in [-0.25, -0.2) is 13.1 Å². The molecule has 25 heavy (non-hydrogen) atoms. The number of likely N-dealkylation sites (N-methyl/N-ethyl adjacent to an activating group) is 1. The van der Waals surface area contributed by atoms with Crippen LogP contribution in [0.15, 0.2) is 39.9 Å². The smallest absolute Gasteiger partial charge is 0.240 e. The van der Waals surface area contributed by atoms with Crippen molar-refractivity contribution in [3.8, 4) is 5.75 Å². The standard InChI is InChI=1S/C18H26N2O3S2/c1-5-9-23-18-7-6-16(11-14(18)2)25(21,22)19-12-17(20(3)4)15-8-10-24-13-15/h6-8,10-11,13,17,19H,5,9,12H2,1-4H3. The maximum Gasteiger partial charge on any atom is 0.240 e. The van der Waals surface area contributed by atoms with Crippen molar-refractivity contribution in [2.75, 3.05) is 27.2 Å². The lowest BCUT2D eigenvalue weighted by Crippen LogP contribution is -2.34. The van der Waals surface area contributed by atoms with Crippen molar-refractivity contribution < 1.29 is 13.2 Å². The first-order chi connectivity index (χ1) is 11.8. The minimum absolute atomic E-state index is 0.00529. The molecule has 0 aliphatic carbocycles. The molecule has 0 radical (unpaired) electrons. The summed E-state index contributed by atoms with van der Waals surface area (Å²) < 4.78 is 33.6. The van der Waals surface area contributed by atoms with Gasteiger partial charge in [-0.05, 0) is 73.6 Å². The summed E-state index contributed by atoms with van der Waals surface area (Å²) >= 11 is 1.61. The number of hydrogen-bond donors (Lipinski definition) is 1. The molecule has 2 aromatic rings. The van der Waals surface area contributed by atoms with Crippen LogP contribution in [-0.4, -0.2) is 40.6 Å². The first kappa shape index (κ1) is 19.9. The Morgan fingerprint density at radius 2 is 2.04 bits per heavy atom. The molecule has 0 aliphatic rings. The molecule has 0 saturated heterocycles. The molecule has 0 bridgehead atoms. The summed E-state index contributed by atoms with van der Waals surface area (Å²) in [5.41, 5.74) is 1.93. The van der Waals surface area contributed by atoms with Crippen LogP contribution in [-0.2, 0) is 10.0 Å². The van der Waals surface area contributed by atoms with Crippen molar-refractivity contribution in [2.24, 2.45) is 0 Å². The second-order valence-electron chi connectivity index (χ2n) is 6.16. The number of ether oxygens (including phenoxy) is 1.